The highest BCUT2D eigenvalue weighted by Gasteiger charge is 2.35. The Morgan fingerprint density at radius 2 is 2.00 bits per heavy atom. The van der Waals surface area contributed by atoms with Crippen LogP contribution in [0.4, 0.5) is 0 Å². The first-order valence-electron chi connectivity index (χ1n) is 8.10. The number of benzene rings is 1. The largest absolute Gasteiger partial charge is 0.377 e. The van der Waals surface area contributed by atoms with Crippen molar-refractivity contribution < 1.29 is 9.53 Å². The number of hydrogen-bond acceptors (Lipinski definition) is 3. The highest BCUT2D eigenvalue weighted by Crippen LogP contribution is 2.33. The van der Waals surface area contributed by atoms with Crippen molar-refractivity contribution >= 4 is 5.91 Å². The Hall–Kier alpha value is -1.39. The Balaban J connectivity index is 1.93. The SMILES string of the molecule is CC(C)(C)C1OCCCC1CNC(=O)c1ccc(CN)cc1. The fraction of sp³-hybridized carbons (Fsp3) is 0.611. The minimum absolute atomic E-state index is 0.0261. The van der Waals surface area contributed by atoms with Crippen LogP contribution < -0.4 is 11.1 Å². The van der Waals surface area contributed by atoms with E-state index in [-0.39, 0.29) is 17.4 Å². The second-order valence-corrected chi connectivity index (χ2v) is 7.17. The van der Waals surface area contributed by atoms with E-state index in [2.05, 4.69) is 26.1 Å². The third-order valence-corrected chi connectivity index (χ3v) is 4.28. The van der Waals surface area contributed by atoms with Gasteiger partial charge < -0.3 is 15.8 Å². The fourth-order valence-electron chi connectivity index (χ4n) is 3.13. The molecule has 0 bridgehead atoms. The first kappa shape index (κ1) is 17.0. The van der Waals surface area contributed by atoms with Gasteiger partial charge in [0, 0.05) is 31.2 Å². The average molecular weight is 304 g/mol. The lowest BCUT2D eigenvalue weighted by molar-refractivity contribution is -0.0839. The molecule has 1 heterocycles. The monoisotopic (exact) mass is 304 g/mol. The van der Waals surface area contributed by atoms with Crippen LogP contribution >= 0.6 is 0 Å². The zero-order valence-electron chi connectivity index (χ0n) is 13.9. The van der Waals surface area contributed by atoms with Gasteiger partial charge in [0.2, 0.25) is 0 Å². The highest BCUT2D eigenvalue weighted by atomic mass is 16.5. The summed E-state index contributed by atoms with van der Waals surface area (Å²) in [7, 11) is 0. The first-order chi connectivity index (χ1) is 10.4. The molecule has 2 rings (SSSR count). The van der Waals surface area contributed by atoms with Crippen LogP contribution in [0, 0.1) is 11.3 Å². The van der Waals surface area contributed by atoms with E-state index in [9.17, 15) is 4.79 Å². The number of rotatable bonds is 4. The van der Waals surface area contributed by atoms with Crippen LogP contribution in [0.1, 0.15) is 49.5 Å². The van der Waals surface area contributed by atoms with Crippen LogP contribution in [-0.2, 0) is 11.3 Å². The maximum absolute atomic E-state index is 12.3. The van der Waals surface area contributed by atoms with Gasteiger partial charge in [-0.15, -0.1) is 0 Å². The number of ether oxygens (including phenoxy) is 1. The smallest absolute Gasteiger partial charge is 0.251 e. The van der Waals surface area contributed by atoms with Gasteiger partial charge in [-0.1, -0.05) is 32.9 Å². The van der Waals surface area contributed by atoms with E-state index in [0.29, 0.717) is 24.6 Å². The van der Waals surface area contributed by atoms with E-state index in [1.165, 1.54) is 0 Å². The molecule has 2 unspecified atom stereocenters. The van der Waals surface area contributed by atoms with Crippen LogP contribution in [0.2, 0.25) is 0 Å². The Morgan fingerprint density at radius 3 is 2.59 bits per heavy atom. The lowest BCUT2D eigenvalue weighted by Crippen LogP contribution is -2.45. The molecule has 2 atom stereocenters. The van der Waals surface area contributed by atoms with E-state index < -0.39 is 0 Å². The predicted octanol–water partition coefficient (Wildman–Crippen LogP) is 2.72. The molecule has 4 heteroatoms. The lowest BCUT2D eigenvalue weighted by Gasteiger charge is -2.40. The van der Waals surface area contributed by atoms with Crippen LogP contribution in [0.5, 0.6) is 0 Å². The van der Waals surface area contributed by atoms with Gasteiger partial charge in [0.1, 0.15) is 0 Å². The van der Waals surface area contributed by atoms with Crippen molar-refractivity contribution in [2.75, 3.05) is 13.2 Å². The molecular formula is C18H28N2O2. The molecule has 1 aromatic rings. The lowest BCUT2D eigenvalue weighted by atomic mass is 9.78. The van der Waals surface area contributed by atoms with Gasteiger partial charge in [-0.25, -0.2) is 0 Å². The summed E-state index contributed by atoms with van der Waals surface area (Å²) in [6, 6.07) is 7.46. The number of hydrogen-bond donors (Lipinski definition) is 2. The summed E-state index contributed by atoms with van der Waals surface area (Å²) in [6.45, 7) is 8.58. The van der Waals surface area contributed by atoms with Crippen molar-refractivity contribution in [2.45, 2.75) is 46.3 Å². The normalized spacial score (nSPS) is 22.4. The van der Waals surface area contributed by atoms with Crippen LogP contribution in [-0.4, -0.2) is 25.2 Å². The zero-order valence-corrected chi connectivity index (χ0v) is 13.9. The Labute approximate surface area is 133 Å². The fourth-order valence-corrected chi connectivity index (χ4v) is 3.13. The summed E-state index contributed by atoms with van der Waals surface area (Å²) >= 11 is 0. The van der Waals surface area contributed by atoms with Crippen molar-refractivity contribution in [3.8, 4) is 0 Å². The van der Waals surface area contributed by atoms with Gasteiger partial charge in [0.05, 0.1) is 6.10 Å². The maximum atomic E-state index is 12.3. The van der Waals surface area contributed by atoms with Gasteiger partial charge in [0.25, 0.3) is 5.91 Å². The Morgan fingerprint density at radius 1 is 1.32 bits per heavy atom. The van der Waals surface area contributed by atoms with E-state index in [1.54, 1.807) is 0 Å². The summed E-state index contributed by atoms with van der Waals surface area (Å²) in [5.41, 5.74) is 7.38. The third kappa shape index (κ3) is 4.31. The molecular weight excluding hydrogens is 276 g/mol. The molecule has 0 spiro atoms. The molecule has 1 saturated heterocycles. The molecule has 3 N–H and O–H groups in total. The van der Waals surface area contributed by atoms with Gasteiger partial charge in [-0.3, -0.25) is 4.79 Å². The number of amides is 1. The average Bonchev–Trinajstić information content (AvgIpc) is 2.52. The maximum Gasteiger partial charge on any atom is 0.251 e. The standard InChI is InChI=1S/C18H28N2O2/c1-18(2,3)16-15(5-4-10-22-16)12-20-17(21)14-8-6-13(11-19)7-9-14/h6-9,15-16H,4-5,10-12,19H2,1-3H3,(H,20,21). The highest BCUT2D eigenvalue weighted by molar-refractivity contribution is 5.94. The molecule has 0 aliphatic carbocycles. The molecule has 22 heavy (non-hydrogen) atoms. The molecule has 1 aliphatic rings. The Kier molecular flexibility index (Phi) is 5.59. The van der Waals surface area contributed by atoms with E-state index in [4.69, 9.17) is 10.5 Å². The molecule has 1 fully saturated rings. The number of carbonyl (C=O) groups excluding carboxylic acids is 1. The van der Waals surface area contributed by atoms with Gasteiger partial charge >= 0.3 is 0 Å². The van der Waals surface area contributed by atoms with Crippen molar-refractivity contribution in [2.24, 2.45) is 17.1 Å². The van der Waals surface area contributed by atoms with Crippen molar-refractivity contribution in [1.29, 1.82) is 0 Å². The van der Waals surface area contributed by atoms with E-state index in [0.717, 1.165) is 25.0 Å². The van der Waals surface area contributed by atoms with Crippen molar-refractivity contribution in [1.82, 2.24) is 5.32 Å². The number of carbonyl (C=O) groups is 1. The van der Waals surface area contributed by atoms with E-state index >= 15 is 0 Å². The summed E-state index contributed by atoms with van der Waals surface area (Å²) in [5.74, 6) is 0.350. The summed E-state index contributed by atoms with van der Waals surface area (Å²) in [5, 5.41) is 3.06. The van der Waals surface area contributed by atoms with Gasteiger partial charge in [-0.05, 0) is 36.0 Å². The quantitative estimate of drug-likeness (QED) is 0.899. The van der Waals surface area contributed by atoms with E-state index in [1.807, 2.05) is 24.3 Å². The Bertz CT molecular complexity index is 491. The molecule has 1 aromatic carbocycles. The van der Waals surface area contributed by atoms with Crippen LogP contribution in [0.3, 0.4) is 0 Å². The number of nitrogens with one attached hydrogen (secondary N) is 1. The molecule has 0 radical (unpaired) electrons. The minimum Gasteiger partial charge on any atom is -0.377 e. The molecule has 1 aliphatic heterocycles. The van der Waals surface area contributed by atoms with Crippen molar-refractivity contribution in [3.63, 3.8) is 0 Å². The van der Waals surface area contributed by atoms with Gasteiger partial charge in [-0.2, -0.15) is 0 Å². The van der Waals surface area contributed by atoms with Crippen LogP contribution in [0.25, 0.3) is 0 Å². The molecule has 4 nitrogen and oxygen atoms in total. The molecule has 0 saturated carbocycles. The third-order valence-electron chi connectivity index (χ3n) is 4.28. The topological polar surface area (TPSA) is 64.3 Å². The van der Waals surface area contributed by atoms with Crippen LogP contribution in [0.15, 0.2) is 24.3 Å². The van der Waals surface area contributed by atoms with Gasteiger partial charge in [0.15, 0.2) is 0 Å². The molecule has 122 valence electrons. The molecule has 1 amide bonds. The first-order valence-corrected chi connectivity index (χ1v) is 8.10. The summed E-state index contributed by atoms with van der Waals surface area (Å²) in [4.78, 5) is 12.3. The summed E-state index contributed by atoms with van der Waals surface area (Å²) in [6.07, 6.45) is 2.37. The second-order valence-electron chi connectivity index (χ2n) is 7.17. The molecule has 0 aromatic heterocycles. The summed E-state index contributed by atoms with van der Waals surface area (Å²) < 4.78 is 5.96. The van der Waals surface area contributed by atoms with Crippen molar-refractivity contribution in [3.05, 3.63) is 35.4 Å². The number of nitrogens with two attached hydrogens (primary N) is 1. The zero-order chi connectivity index (χ0) is 16.2. The second kappa shape index (κ2) is 7.25. The minimum atomic E-state index is -0.0261. The predicted molar refractivity (Wildman–Crippen MR) is 88.6 cm³/mol.